The van der Waals surface area contributed by atoms with Gasteiger partial charge in [0.25, 0.3) is 0 Å². The maximum absolute atomic E-state index is 13.6. The Morgan fingerprint density at radius 3 is 1.20 bits per heavy atom. The van der Waals surface area contributed by atoms with Crippen LogP contribution in [0.4, 0.5) is 17.6 Å². The molecular formula is C12H10F4O4. The summed E-state index contributed by atoms with van der Waals surface area (Å²) in [5, 5.41) is 0. The normalized spacial score (nSPS) is 10.3. The monoisotopic (exact) mass is 294 g/mol. The van der Waals surface area contributed by atoms with Gasteiger partial charge in [-0.05, 0) is 0 Å². The van der Waals surface area contributed by atoms with Crippen LogP contribution in [0.2, 0.25) is 0 Å². The van der Waals surface area contributed by atoms with Crippen molar-refractivity contribution in [2.75, 3.05) is 0 Å². The summed E-state index contributed by atoms with van der Waals surface area (Å²) in [5.74, 6) is -8.54. The molecule has 0 unspecified atom stereocenters. The zero-order chi connectivity index (χ0) is 15.4. The van der Waals surface area contributed by atoms with Gasteiger partial charge in [0.05, 0.1) is 11.1 Å². The summed E-state index contributed by atoms with van der Waals surface area (Å²) in [4.78, 5) is 21.1. The lowest BCUT2D eigenvalue weighted by Gasteiger charge is -2.11. The molecule has 0 aliphatic rings. The van der Waals surface area contributed by atoms with Crippen LogP contribution in [-0.4, -0.2) is 11.9 Å². The predicted octanol–water partition coefficient (Wildman–Crippen LogP) is 2.37. The smallest absolute Gasteiger partial charge is 0.302 e. The topological polar surface area (TPSA) is 52.6 Å². The van der Waals surface area contributed by atoms with Gasteiger partial charge in [0.1, 0.15) is 13.2 Å². The zero-order valence-electron chi connectivity index (χ0n) is 10.6. The minimum absolute atomic E-state index is 0.867. The standard InChI is InChI=1S/C12H10F4O4/c1-5(17)19-3-7-9(13)11(15)8(4-20-6(2)18)12(16)10(7)14/h3-4H2,1-2H3. The molecule has 20 heavy (non-hydrogen) atoms. The largest absolute Gasteiger partial charge is 0.461 e. The molecule has 0 aliphatic carbocycles. The SMILES string of the molecule is CC(=O)OCc1c(F)c(F)c(COC(C)=O)c(F)c1F. The van der Waals surface area contributed by atoms with Gasteiger partial charge in [0.15, 0.2) is 23.3 Å². The molecule has 0 spiro atoms. The van der Waals surface area contributed by atoms with Gasteiger partial charge in [-0.25, -0.2) is 17.6 Å². The Morgan fingerprint density at radius 2 is 1.00 bits per heavy atom. The molecule has 4 nitrogen and oxygen atoms in total. The lowest BCUT2D eigenvalue weighted by molar-refractivity contribution is -0.143. The van der Waals surface area contributed by atoms with Crippen LogP contribution < -0.4 is 0 Å². The van der Waals surface area contributed by atoms with Gasteiger partial charge in [-0.3, -0.25) is 9.59 Å². The molecule has 8 heteroatoms. The van der Waals surface area contributed by atoms with Crippen LogP contribution in [0.3, 0.4) is 0 Å². The number of rotatable bonds is 4. The average Bonchev–Trinajstić information content (AvgIpc) is 2.35. The van der Waals surface area contributed by atoms with E-state index in [0.717, 1.165) is 13.8 Å². The molecule has 1 aromatic rings. The van der Waals surface area contributed by atoms with Crippen molar-refractivity contribution < 1.29 is 36.6 Å². The van der Waals surface area contributed by atoms with Crippen LogP contribution in [0.5, 0.6) is 0 Å². The fraction of sp³-hybridized carbons (Fsp3) is 0.333. The Balaban J connectivity index is 3.19. The van der Waals surface area contributed by atoms with Crippen LogP contribution in [0, 0.1) is 23.3 Å². The average molecular weight is 294 g/mol. The van der Waals surface area contributed by atoms with Crippen molar-refractivity contribution >= 4 is 11.9 Å². The summed E-state index contributed by atoms with van der Waals surface area (Å²) in [6.45, 7) is 0.0402. The third-order valence-electron chi connectivity index (χ3n) is 2.28. The molecule has 0 fully saturated rings. The maximum Gasteiger partial charge on any atom is 0.302 e. The molecule has 1 rings (SSSR count). The highest BCUT2D eigenvalue weighted by Crippen LogP contribution is 2.25. The molecule has 0 heterocycles. The lowest BCUT2D eigenvalue weighted by Crippen LogP contribution is -2.13. The highest BCUT2D eigenvalue weighted by molar-refractivity contribution is 5.66. The summed E-state index contributed by atoms with van der Waals surface area (Å²) in [7, 11) is 0. The van der Waals surface area contributed by atoms with E-state index in [9.17, 15) is 27.2 Å². The molecule has 0 amide bonds. The Labute approximate surface area is 111 Å². The molecule has 110 valence electrons. The molecule has 0 bridgehead atoms. The van der Waals surface area contributed by atoms with E-state index in [1.807, 2.05) is 0 Å². The van der Waals surface area contributed by atoms with Crippen molar-refractivity contribution in [3.63, 3.8) is 0 Å². The van der Waals surface area contributed by atoms with E-state index in [0.29, 0.717) is 0 Å². The number of hydrogen-bond donors (Lipinski definition) is 0. The molecule has 0 radical (unpaired) electrons. The van der Waals surface area contributed by atoms with E-state index in [1.54, 1.807) is 0 Å². The fourth-order valence-electron chi connectivity index (χ4n) is 1.32. The number of carbonyl (C=O) groups is 2. The summed E-state index contributed by atoms with van der Waals surface area (Å²) < 4.78 is 62.9. The number of halogens is 4. The van der Waals surface area contributed by atoms with E-state index >= 15 is 0 Å². The van der Waals surface area contributed by atoms with Crippen molar-refractivity contribution in [3.05, 3.63) is 34.4 Å². The first-order chi connectivity index (χ1) is 9.25. The third kappa shape index (κ3) is 3.46. The number of hydrogen-bond acceptors (Lipinski definition) is 4. The van der Waals surface area contributed by atoms with Gasteiger partial charge in [-0.2, -0.15) is 0 Å². The summed E-state index contributed by atoms with van der Waals surface area (Å²) >= 11 is 0. The quantitative estimate of drug-likeness (QED) is 0.486. The van der Waals surface area contributed by atoms with Crippen molar-refractivity contribution in [3.8, 4) is 0 Å². The van der Waals surface area contributed by atoms with Crippen LogP contribution in [0.25, 0.3) is 0 Å². The highest BCUT2D eigenvalue weighted by Gasteiger charge is 2.26. The van der Waals surface area contributed by atoms with Crippen molar-refractivity contribution in [1.82, 2.24) is 0 Å². The predicted molar refractivity (Wildman–Crippen MR) is 57.2 cm³/mol. The van der Waals surface area contributed by atoms with Crippen molar-refractivity contribution in [2.24, 2.45) is 0 Å². The minimum atomic E-state index is -1.70. The molecular weight excluding hydrogens is 284 g/mol. The highest BCUT2D eigenvalue weighted by atomic mass is 19.2. The summed E-state index contributed by atoms with van der Waals surface area (Å²) in [6.07, 6.45) is 0. The second kappa shape index (κ2) is 6.36. The maximum atomic E-state index is 13.6. The van der Waals surface area contributed by atoms with Gasteiger partial charge in [-0.15, -0.1) is 0 Å². The van der Waals surface area contributed by atoms with Gasteiger partial charge in [0, 0.05) is 13.8 Å². The van der Waals surface area contributed by atoms with Gasteiger partial charge in [-0.1, -0.05) is 0 Å². The van der Waals surface area contributed by atoms with E-state index < -0.39 is 59.5 Å². The van der Waals surface area contributed by atoms with Crippen molar-refractivity contribution in [1.29, 1.82) is 0 Å². The summed E-state index contributed by atoms with van der Waals surface area (Å²) in [6, 6.07) is 0. The molecule has 0 aromatic heterocycles. The molecule has 1 aromatic carbocycles. The zero-order valence-corrected chi connectivity index (χ0v) is 10.6. The van der Waals surface area contributed by atoms with Gasteiger partial charge in [0.2, 0.25) is 0 Å². The van der Waals surface area contributed by atoms with E-state index in [-0.39, 0.29) is 0 Å². The van der Waals surface area contributed by atoms with E-state index in [1.165, 1.54) is 0 Å². The molecule has 0 saturated carbocycles. The molecule has 0 atom stereocenters. The van der Waals surface area contributed by atoms with E-state index in [2.05, 4.69) is 9.47 Å². The first-order valence-corrected chi connectivity index (χ1v) is 5.36. The lowest BCUT2D eigenvalue weighted by atomic mass is 10.1. The van der Waals surface area contributed by atoms with Crippen LogP contribution in [0.1, 0.15) is 25.0 Å². The Morgan fingerprint density at radius 1 is 0.750 bits per heavy atom. The van der Waals surface area contributed by atoms with Crippen molar-refractivity contribution in [2.45, 2.75) is 27.1 Å². The van der Waals surface area contributed by atoms with Crippen LogP contribution in [0.15, 0.2) is 0 Å². The first kappa shape index (κ1) is 15.9. The van der Waals surface area contributed by atoms with Gasteiger partial charge < -0.3 is 9.47 Å². The Bertz CT molecular complexity index is 479. The number of benzene rings is 1. The number of esters is 2. The molecule has 0 N–H and O–H groups in total. The second-order valence-corrected chi connectivity index (χ2v) is 3.77. The number of carbonyl (C=O) groups excluding carboxylic acids is 2. The second-order valence-electron chi connectivity index (χ2n) is 3.77. The molecule has 0 saturated heterocycles. The van der Waals surface area contributed by atoms with Crippen LogP contribution in [-0.2, 0) is 32.3 Å². The first-order valence-electron chi connectivity index (χ1n) is 5.36. The van der Waals surface area contributed by atoms with Crippen LogP contribution >= 0.6 is 0 Å². The molecule has 0 aliphatic heterocycles. The summed E-state index contributed by atoms with van der Waals surface area (Å²) in [5.41, 5.74) is -2.11. The number of ether oxygens (including phenoxy) is 2. The Hall–Kier alpha value is -2.12. The van der Waals surface area contributed by atoms with Gasteiger partial charge >= 0.3 is 11.9 Å². The fourth-order valence-corrected chi connectivity index (χ4v) is 1.32. The Kier molecular flexibility index (Phi) is 5.06. The third-order valence-corrected chi connectivity index (χ3v) is 2.28. The van der Waals surface area contributed by atoms with E-state index in [4.69, 9.17) is 0 Å². The minimum Gasteiger partial charge on any atom is -0.461 e.